The highest BCUT2D eigenvalue weighted by molar-refractivity contribution is 5.95. The van der Waals surface area contributed by atoms with Gasteiger partial charge in [-0.1, -0.05) is 12.1 Å². The molecule has 5 heteroatoms. The van der Waals surface area contributed by atoms with Crippen molar-refractivity contribution in [3.8, 4) is 11.3 Å². The summed E-state index contributed by atoms with van der Waals surface area (Å²) in [6, 6.07) is 7.61. The van der Waals surface area contributed by atoms with E-state index in [0.717, 1.165) is 30.2 Å². The number of carbonyl (C=O) groups excluding carboxylic acids is 1. The zero-order valence-electron chi connectivity index (χ0n) is 13.0. The smallest absolute Gasteiger partial charge is 0.253 e. The predicted molar refractivity (Wildman–Crippen MR) is 86.9 cm³/mol. The van der Waals surface area contributed by atoms with E-state index in [0.29, 0.717) is 5.56 Å². The molecular formula is C17H20N4O. The Balaban J connectivity index is 2.01. The molecule has 0 spiro atoms. The van der Waals surface area contributed by atoms with Gasteiger partial charge in [-0.15, -0.1) is 0 Å². The highest BCUT2D eigenvalue weighted by Gasteiger charge is 2.19. The monoisotopic (exact) mass is 296 g/mol. The molecule has 0 radical (unpaired) electrons. The number of amides is 1. The molecule has 0 unspecified atom stereocenters. The quantitative estimate of drug-likeness (QED) is 0.873. The Bertz CT molecular complexity index is 678. The number of hydrogen-bond donors (Lipinski definition) is 0. The van der Waals surface area contributed by atoms with Gasteiger partial charge in [0.25, 0.3) is 5.91 Å². The SMILES string of the molecule is CN(C)C(=O)c1cccc(-c2nccnc2N2CCCC2)c1. The van der Waals surface area contributed by atoms with Crippen LogP contribution < -0.4 is 4.90 Å². The molecule has 2 aromatic rings. The zero-order valence-corrected chi connectivity index (χ0v) is 13.0. The van der Waals surface area contributed by atoms with Crippen LogP contribution in [0, 0.1) is 0 Å². The lowest BCUT2D eigenvalue weighted by Gasteiger charge is -2.19. The Morgan fingerprint density at radius 3 is 2.59 bits per heavy atom. The van der Waals surface area contributed by atoms with Gasteiger partial charge in [0.1, 0.15) is 5.69 Å². The van der Waals surface area contributed by atoms with Crippen LogP contribution in [-0.4, -0.2) is 48.0 Å². The highest BCUT2D eigenvalue weighted by atomic mass is 16.2. The first kappa shape index (κ1) is 14.5. The van der Waals surface area contributed by atoms with E-state index in [1.54, 1.807) is 31.4 Å². The van der Waals surface area contributed by atoms with Crippen molar-refractivity contribution in [3.63, 3.8) is 0 Å². The number of benzene rings is 1. The van der Waals surface area contributed by atoms with Gasteiger partial charge in [-0.2, -0.15) is 0 Å². The van der Waals surface area contributed by atoms with E-state index in [-0.39, 0.29) is 5.91 Å². The first-order valence-corrected chi connectivity index (χ1v) is 7.55. The number of hydrogen-bond acceptors (Lipinski definition) is 4. The molecule has 0 bridgehead atoms. The van der Waals surface area contributed by atoms with E-state index >= 15 is 0 Å². The minimum atomic E-state index is -0.00605. The molecule has 1 fully saturated rings. The molecule has 0 N–H and O–H groups in total. The summed E-state index contributed by atoms with van der Waals surface area (Å²) in [5.41, 5.74) is 2.45. The van der Waals surface area contributed by atoms with Gasteiger partial charge >= 0.3 is 0 Å². The third-order valence-electron chi connectivity index (χ3n) is 3.87. The van der Waals surface area contributed by atoms with E-state index in [2.05, 4.69) is 14.9 Å². The van der Waals surface area contributed by atoms with Gasteiger partial charge in [0.05, 0.1) is 0 Å². The van der Waals surface area contributed by atoms with E-state index in [4.69, 9.17) is 0 Å². The van der Waals surface area contributed by atoms with Crippen LogP contribution in [0.25, 0.3) is 11.3 Å². The van der Waals surface area contributed by atoms with Crippen molar-refractivity contribution < 1.29 is 4.79 Å². The first-order chi connectivity index (χ1) is 10.7. The van der Waals surface area contributed by atoms with Gasteiger partial charge in [-0.05, 0) is 25.0 Å². The Labute approximate surface area is 130 Å². The largest absolute Gasteiger partial charge is 0.355 e. The fourth-order valence-corrected chi connectivity index (χ4v) is 2.75. The van der Waals surface area contributed by atoms with E-state index < -0.39 is 0 Å². The molecule has 1 aromatic carbocycles. The number of carbonyl (C=O) groups is 1. The molecule has 114 valence electrons. The molecule has 1 saturated heterocycles. The molecule has 5 nitrogen and oxygen atoms in total. The Morgan fingerprint density at radius 1 is 1.14 bits per heavy atom. The van der Waals surface area contributed by atoms with Gasteiger partial charge in [0.2, 0.25) is 0 Å². The van der Waals surface area contributed by atoms with Crippen molar-refractivity contribution in [2.24, 2.45) is 0 Å². The normalized spacial score (nSPS) is 14.2. The van der Waals surface area contributed by atoms with Crippen LogP contribution in [-0.2, 0) is 0 Å². The van der Waals surface area contributed by atoms with Gasteiger partial charge in [-0.3, -0.25) is 9.78 Å². The maximum atomic E-state index is 12.1. The molecular weight excluding hydrogens is 276 g/mol. The topological polar surface area (TPSA) is 49.3 Å². The van der Waals surface area contributed by atoms with Gasteiger partial charge < -0.3 is 9.80 Å². The fraction of sp³-hybridized carbons (Fsp3) is 0.353. The van der Waals surface area contributed by atoms with Crippen molar-refractivity contribution in [3.05, 3.63) is 42.2 Å². The molecule has 22 heavy (non-hydrogen) atoms. The lowest BCUT2D eigenvalue weighted by atomic mass is 10.1. The second-order valence-electron chi connectivity index (χ2n) is 5.70. The molecule has 0 atom stereocenters. The van der Waals surface area contributed by atoms with E-state index in [9.17, 15) is 4.79 Å². The second-order valence-corrected chi connectivity index (χ2v) is 5.70. The second kappa shape index (κ2) is 6.13. The third kappa shape index (κ3) is 2.79. The maximum Gasteiger partial charge on any atom is 0.253 e. The molecule has 0 aliphatic carbocycles. The molecule has 1 aliphatic heterocycles. The number of aromatic nitrogens is 2. The van der Waals surface area contributed by atoms with Crippen LogP contribution in [0.2, 0.25) is 0 Å². The Hall–Kier alpha value is -2.43. The summed E-state index contributed by atoms with van der Waals surface area (Å²) >= 11 is 0. The van der Waals surface area contributed by atoms with Crippen LogP contribution in [0.4, 0.5) is 5.82 Å². The minimum Gasteiger partial charge on any atom is -0.355 e. The standard InChI is InChI=1S/C17H20N4O/c1-20(2)17(22)14-7-5-6-13(12-14)15-16(19-9-8-18-15)21-10-3-4-11-21/h5-9,12H,3-4,10-11H2,1-2H3. The molecule has 1 aromatic heterocycles. The Kier molecular flexibility index (Phi) is 4.04. The average molecular weight is 296 g/mol. The number of anilines is 1. The number of rotatable bonds is 3. The van der Waals surface area contributed by atoms with Crippen molar-refractivity contribution in [2.45, 2.75) is 12.8 Å². The Morgan fingerprint density at radius 2 is 1.86 bits per heavy atom. The van der Waals surface area contributed by atoms with E-state index in [1.807, 2.05) is 24.3 Å². The summed E-state index contributed by atoms with van der Waals surface area (Å²) in [6.07, 6.45) is 5.81. The van der Waals surface area contributed by atoms with Crippen molar-refractivity contribution >= 4 is 11.7 Å². The van der Waals surface area contributed by atoms with Gasteiger partial charge in [-0.25, -0.2) is 4.98 Å². The summed E-state index contributed by atoms with van der Waals surface area (Å²) in [5, 5.41) is 0. The lowest BCUT2D eigenvalue weighted by molar-refractivity contribution is 0.0827. The maximum absolute atomic E-state index is 12.1. The highest BCUT2D eigenvalue weighted by Crippen LogP contribution is 2.29. The molecule has 1 aliphatic rings. The average Bonchev–Trinajstić information content (AvgIpc) is 3.08. The summed E-state index contributed by atoms with van der Waals surface area (Å²) < 4.78 is 0. The third-order valence-corrected chi connectivity index (χ3v) is 3.87. The van der Waals surface area contributed by atoms with Gasteiger partial charge in [0.15, 0.2) is 5.82 Å². The summed E-state index contributed by atoms with van der Waals surface area (Å²) in [4.78, 5) is 25.0. The van der Waals surface area contributed by atoms with Crippen LogP contribution in [0.3, 0.4) is 0 Å². The molecule has 2 heterocycles. The van der Waals surface area contributed by atoms with Crippen molar-refractivity contribution in [2.75, 3.05) is 32.1 Å². The van der Waals surface area contributed by atoms with E-state index in [1.165, 1.54) is 12.8 Å². The summed E-state index contributed by atoms with van der Waals surface area (Å²) in [5.74, 6) is 0.905. The molecule has 0 saturated carbocycles. The van der Waals surface area contributed by atoms with Crippen molar-refractivity contribution in [1.82, 2.24) is 14.9 Å². The predicted octanol–water partition coefficient (Wildman–Crippen LogP) is 2.45. The summed E-state index contributed by atoms with van der Waals surface area (Å²) in [6.45, 7) is 2.03. The van der Waals surface area contributed by atoms with Crippen molar-refractivity contribution in [1.29, 1.82) is 0 Å². The minimum absolute atomic E-state index is 0.00605. The molecule has 1 amide bonds. The van der Waals surface area contributed by atoms with Crippen LogP contribution in [0.5, 0.6) is 0 Å². The first-order valence-electron chi connectivity index (χ1n) is 7.55. The fourth-order valence-electron chi connectivity index (χ4n) is 2.75. The molecule has 3 rings (SSSR count). The van der Waals surface area contributed by atoms with Crippen LogP contribution in [0.15, 0.2) is 36.7 Å². The van der Waals surface area contributed by atoms with Crippen LogP contribution in [0.1, 0.15) is 23.2 Å². The summed E-state index contributed by atoms with van der Waals surface area (Å²) in [7, 11) is 3.51. The number of nitrogens with zero attached hydrogens (tertiary/aromatic N) is 4. The zero-order chi connectivity index (χ0) is 15.5. The van der Waals surface area contributed by atoms with Gasteiger partial charge in [0, 0.05) is 50.7 Å². The lowest BCUT2D eigenvalue weighted by Crippen LogP contribution is -2.22. The van der Waals surface area contributed by atoms with Crippen LogP contribution >= 0.6 is 0 Å².